The van der Waals surface area contributed by atoms with E-state index in [9.17, 15) is 9.59 Å². The molecule has 1 aromatic carbocycles. The van der Waals surface area contributed by atoms with Gasteiger partial charge in [-0.1, -0.05) is 32.1 Å². The van der Waals surface area contributed by atoms with Crippen LogP contribution in [0.5, 0.6) is 0 Å². The Morgan fingerprint density at radius 3 is 2.52 bits per heavy atom. The number of carbonyl (C=O) groups excluding carboxylic acids is 2. The summed E-state index contributed by atoms with van der Waals surface area (Å²) in [6, 6.07) is 5.55. The van der Waals surface area contributed by atoms with Gasteiger partial charge in [0.2, 0.25) is 11.8 Å². The number of nitrogens with one attached hydrogen (secondary N) is 2. The SMILES string of the molecule is CCCC(=O)Nc1nc2ccc(NC(=O)C(CC)(CC)CN)cc2s1. The van der Waals surface area contributed by atoms with Gasteiger partial charge in [0.25, 0.3) is 0 Å². The summed E-state index contributed by atoms with van der Waals surface area (Å²) in [5, 5.41) is 6.36. The van der Waals surface area contributed by atoms with E-state index in [-0.39, 0.29) is 11.8 Å². The van der Waals surface area contributed by atoms with Crippen LogP contribution >= 0.6 is 11.3 Å². The molecule has 6 nitrogen and oxygen atoms in total. The number of carbonyl (C=O) groups is 2. The number of fused-ring (bicyclic) bond motifs is 1. The maximum Gasteiger partial charge on any atom is 0.231 e. The first-order valence-electron chi connectivity index (χ1n) is 8.70. The summed E-state index contributed by atoms with van der Waals surface area (Å²) in [7, 11) is 0. The lowest BCUT2D eigenvalue weighted by Gasteiger charge is -2.28. The van der Waals surface area contributed by atoms with Crippen molar-refractivity contribution >= 4 is 44.2 Å². The number of amides is 2. The van der Waals surface area contributed by atoms with Crippen molar-refractivity contribution in [3.8, 4) is 0 Å². The number of thiazole rings is 1. The topological polar surface area (TPSA) is 97.1 Å². The van der Waals surface area contributed by atoms with Gasteiger partial charge in [0.15, 0.2) is 5.13 Å². The minimum atomic E-state index is -0.540. The number of anilines is 2. The van der Waals surface area contributed by atoms with E-state index in [1.807, 2.05) is 39.0 Å². The predicted octanol–water partition coefficient (Wildman–Crippen LogP) is 3.74. The molecule has 0 fully saturated rings. The van der Waals surface area contributed by atoms with Crippen LogP contribution in [0, 0.1) is 5.41 Å². The van der Waals surface area contributed by atoms with Gasteiger partial charge in [-0.25, -0.2) is 4.98 Å². The minimum absolute atomic E-state index is 0.0336. The molecule has 2 aromatic rings. The molecule has 0 aliphatic carbocycles. The highest BCUT2D eigenvalue weighted by molar-refractivity contribution is 7.22. The highest BCUT2D eigenvalue weighted by Crippen LogP contribution is 2.31. The summed E-state index contributed by atoms with van der Waals surface area (Å²) in [5.41, 5.74) is 6.81. The van der Waals surface area contributed by atoms with Gasteiger partial charge < -0.3 is 16.4 Å². The number of nitrogens with two attached hydrogens (primary N) is 1. The molecule has 25 heavy (non-hydrogen) atoms. The Labute approximate surface area is 152 Å². The third-order valence-electron chi connectivity index (χ3n) is 4.60. The van der Waals surface area contributed by atoms with Crippen LogP contribution in [-0.4, -0.2) is 23.3 Å². The third kappa shape index (κ3) is 4.35. The van der Waals surface area contributed by atoms with Crippen LogP contribution in [0.2, 0.25) is 0 Å². The fourth-order valence-corrected chi connectivity index (χ4v) is 3.60. The highest BCUT2D eigenvalue weighted by atomic mass is 32.1. The molecule has 2 rings (SSSR count). The van der Waals surface area contributed by atoms with Crippen LogP contribution in [-0.2, 0) is 9.59 Å². The van der Waals surface area contributed by atoms with Crippen LogP contribution < -0.4 is 16.4 Å². The summed E-state index contributed by atoms with van der Waals surface area (Å²) in [4.78, 5) is 28.7. The molecule has 0 radical (unpaired) electrons. The van der Waals surface area contributed by atoms with Crippen LogP contribution in [0.25, 0.3) is 10.2 Å². The second-order valence-electron chi connectivity index (χ2n) is 6.15. The molecule has 0 saturated carbocycles. The molecule has 2 amide bonds. The molecule has 0 aliphatic rings. The summed E-state index contributed by atoms with van der Waals surface area (Å²) >= 11 is 1.40. The maximum atomic E-state index is 12.6. The normalized spacial score (nSPS) is 11.5. The Balaban J connectivity index is 2.18. The lowest BCUT2D eigenvalue weighted by molar-refractivity contribution is -0.125. The van der Waals surface area contributed by atoms with Gasteiger partial charge in [0.1, 0.15) is 0 Å². The summed E-state index contributed by atoms with van der Waals surface area (Å²) in [6.45, 7) is 6.24. The minimum Gasteiger partial charge on any atom is -0.329 e. The van der Waals surface area contributed by atoms with Crippen molar-refractivity contribution in [2.45, 2.75) is 46.5 Å². The molecular weight excluding hydrogens is 336 g/mol. The highest BCUT2D eigenvalue weighted by Gasteiger charge is 2.33. The van der Waals surface area contributed by atoms with Gasteiger partial charge in [0.05, 0.1) is 15.6 Å². The summed E-state index contributed by atoms with van der Waals surface area (Å²) < 4.78 is 0.913. The Hall–Kier alpha value is -1.99. The molecule has 0 aliphatic heterocycles. The smallest absolute Gasteiger partial charge is 0.231 e. The van der Waals surface area contributed by atoms with E-state index in [4.69, 9.17) is 5.73 Å². The average Bonchev–Trinajstić information content (AvgIpc) is 2.98. The molecule has 0 spiro atoms. The van der Waals surface area contributed by atoms with Gasteiger partial charge in [-0.05, 0) is 37.5 Å². The number of benzene rings is 1. The fourth-order valence-electron chi connectivity index (χ4n) is 2.68. The first kappa shape index (κ1) is 19.3. The molecule has 1 heterocycles. The monoisotopic (exact) mass is 362 g/mol. The first-order chi connectivity index (χ1) is 12.0. The number of aromatic nitrogens is 1. The number of hydrogen-bond acceptors (Lipinski definition) is 5. The standard InChI is InChI=1S/C18H26N4O2S/c1-4-7-15(23)22-17-21-13-9-8-12(10-14(13)25-17)20-16(24)18(5-2,6-3)11-19/h8-10H,4-7,11,19H2,1-3H3,(H,20,24)(H,21,22,23). The largest absolute Gasteiger partial charge is 0.329 e. The number of nitrogens with zero attached hydrogens (tertiary/aromatic N) is 1. The quantitative estimate of drug-likeness (QED) is 0.666. The van der Waals surface area contributed by atoms with Crippen molar-refractivity contribution in [3.05, 3.63) is 18.2 Å². The second-order valence-corrected chi connectivity index (χ2v) is 7.18. The van der Waals surface area contributed by atoms with Crippen LogP contribution in [0.3, 0.4) is 0 Å². The molecule has 0 saturated heterocycles. The number of hydrogen-bond donors (Lipinski definition) is 3. The van der Waals surface area contributed by atoms with Gasteiger partial charge >= 0.3 is 0 Å². The van der Waals surface area contributed by atoms with E-state index in [1.54, 1.807) is 0 Å². The van der Waals surface area contributed by atoms with E-state index in [0.29, 0.717) is 36.6 Å². The average molecular weight is 362 g/mol. The lowest BCUT2D eigenvalue weighted by Crippen LogP contribution is -2.41. The van der Waals surface area contributed by atoms with Crippen molar-refractivity contribution < 1.29 is 9.59 Å². The molecule has 0 unspecified atom stereocenters. The molecule has 136 valence electrons. The third-order valence-corrected chi connectivity index (χ3v) is 5.53. The first-order valence-corrected chi connectivity index (χ1v) is 9.51. The molecule has 1 aromatic heterocycles. The van der Waals surface area contributed by atoms with Crippen molar-refractivity contribution in [2.24, 2.45) is 11.1 Å². The van der Waals surface area contributed by atoms with Gasteiger partial charge in [-0.2, -0.15) is 0 Å². The zero-order valence-electron chi connectivity index (χ0n) is 15.0. The Bertz CT molecular complexity index is 744. The van der Waals surface area contributed by atoms with Crippen molar-refractivity contribution in [1.82, 2.24) is 4.98 Å². The van der Waals surface area contributed by atoms with E-state index in [2.05, 4.69) is 15.6 Å². The van der Waals surface area contributed by atoms with Crippen molar-refractivity contribution in [2.75, 3.05) is 17.2 Å². The maximum absolute atomic E-state index is 12.6. The predicted molar refractivity (Wildman–Crippen MR) is 104 cm³/mol. The zero-order chi connectivity index (χ0) is 18.4. The van der Waals surface area contributed by atoms with Crippen LogP contribution in [0.1, 0.15) is 46.5 Å². The van der Waals surface area contributed by atoms with E-state index >= 15 is 0 Å². The fraction of sp³-hybridized carbons (Fsp3) is 0.500. The Morgan fingerprint density at radius 1 is 1.20 bits per heavy atom. The molecular formula is C18H26N4O2S. The van der Waals surface area contributed by atoms with Crippen LogP contribution in [0.15, 0.2) is 18.2 Å². The summed E-state index contributed by atoms with van der Waals surface area (Å²) in [6.07, 6.45) is 2.67. The van der Waals surface area contributed by atoms with E-state index in [0.717, 1.165) is 16.6 Å². The zero-order valence-corrected chi connectivity index (χ0v) is 15.8. The number of rotatable bonds is 8. The molecule has 0 bridgehead atoms. The van der Waals surface area contributed by atoms with E-state index < -0.39 is 5.41 Å². The lowest BCUT2D eigenvalue weighted by atomic mass is 9.81. The van der Waals surface area contributed by atoms with E-state index in [1.165, 1.54) is 11.3 Å². The van der Waals surface area contributed by atoms with Gasteiger partial charge in [-0.15, -0.1) is 0 Å². The van der Waals surface area contributed by atoms with Gasteiger partial charge in [-0.3, -0.25) is 9.59 Å². The van der Waals surface area contributed by atoms with Crippen molar-refractivity contribution in [1.29, 1.82) is 0 Å². The summed E-state index contributed by atoms with van der Waals surface area (Å²) in [5.74, 6) is -0.0889. The molecule has 0 atom stereocenters. The Morgan fingerprint density at radius 2 is 1.92 bits per heavy atom. The molecule has 7 heteroatoms. The van der Waals surface area contributed by atoms with Crippen LogP contribution in [0.4, 0.5) is 10.8 Å². The van der Waals surface area contributed by atoms with Crippen molar-refractivity contribution in [3.63, 3.8) is 0 Å². The van der Waals surface area contributed by atoms with Gasteiger partial charge in [0, 0.05) is 18.7 Å². The molecule has 4 N–H and O–H groups in total. The second kappa shape index (κ2) is 8.40. The Kier molecular flexibility index (Phi) is 6.50.